The zero-order valence-electron chi connectivity index (χ0n) is 17.8. The maximum atomic E-state index is 13.0. The van der Waals surface area contributed by atoms with E-state index in [2.05, 4.69) is 10.0 Å². The minimum Gasteiger partial charge on any atom is -0.493 e. The molecule has 0 aliphatic heterocycles. The number of carbonyl (C=O) groups excluding carboxylic acids is 1. The molecular weight excluding hydrogens is 452 g/mol. The Bertz CT molecular complexity index is 1240. The lowest BCUT2D eigenvalue weighted by Gasteiger charge is -2.14. The Labute approximate surface area is 192 Å². The summed E-state index contributed by atoms with van der Waals surface area (Å²) in [4.78, 5) is 12.8. The fraction of sp³-hybridized carbons (Fsp3) is 0.174. The van der Waals surface area contributed by atoms with E-state index in [1.807, 2.05) is 6.92 Å². The Morgan fingerprint density at radius 1 is 1.03 bits per heavy atom. The smallest absolute Gasteiger partial charge is 0.262 e. The number of sulfonamides is 1. The molecule has 0 fully saturated rings. The zero-order chi connectivity index (χ0) is 23.3. The molecule has 0 radical (unpaired) electrons. The van der Waals surface area contributed by atoms with E-state index in [0.717, 1.165) is 0 Å². The van der Waals surface area contributed by atoms with Crippen molar-refractivity contribution in [1.82, 2.24) is 0 Å². The molecule has 2 N–H and O–H groups in total. The lowest BCUT2D eigenvalue weighted by Crippen LogP contribution is -2.16. The second-order valence-corrected chi connectivity index (χ2v) is 8.88. The Morgan fingerprint density at radius 3 is 2.47 bits per heavy atom. The average molecular weight is 475 g/mol. The molecule has 0 saturated carbocycles. The summed E-state index contributed by atoms with van der Waals surface area (Å²) < 4.78 is 39.1. The van der Waals surface area contributed by atoms with Crippen LogP contribution >= 0.6 is 11.6 Å². The molecule has 0 atom stereocenters. The molecule has 0 heterocycles. The molecule has 7 nitrogen and oxygen atoms in total. The Morgan fingerprint density at radius 2 is 1.78 bits per heavy atom. The van der Waals surface area contributed by atoms with Gasteiger partial charge in [0.2, 0.25) is 0 Å². The number of hydrogen-bond donors (Lipinski definition) is 2. The first-order valence-corrected chi connectivity index (χ1v) is 11.6. The summed E-state index contributed by atoms with van der Waals surface area (Å²) in [6, 6.07) is 16.0. The van der Waals surface area contributed by atoms with E-state index in [9.17, 15) is 13.2 Å². The predicted octanol–water partition coefficient (Wildman–Crippen LogP) is 5.11. The Hall–Kier alpha value is -3.23. The molecule has 3 rings (SSSR count). The van der Waals surface area contributed by atoms with Gasteiger partial charge >= 0.3 is 0 Å². The van der Waals surface area contributed by atoms with E-state index in [1.165, 1.54) is 13.2 Å². The van der Waals surface area contributed by atoms with Crippen molar-refractivity contribution in [2.45, 2.75) is 18.7 Å². The molecule has 0 saturated heterocycles. The third kappa shape index (κ3) is 5.33. The van der Waals surface area contributed by atoms with Crippen LogP contribution < -0.4 is 19.5 Å². The zero-order valence-corrected chi connectivity index (χ0v) is 19.4. The summed E-state index contributed by atoms with van der Waals surface area (Å²) >= 11 is 6.08. The van der Waals surface area contributed by atoms with Crippen LogP contribution in [-0.2, 0) is 10.0 Å². The van der Waals surface area contributed by atoms with Gasteiger partial charge in [0.1, 0.15) is 0 Å². The van der Waals surface area contributed by atoms with Gasteiger partial charge < -0.3 is 14.8 Å². The molecular formula is C23H23ClN2O5S. The van der Waals surface area contributed by atoms with Gasteiger partial charge in [-0.1, -0.05) is 29.8 Å². The van der Waals surface area contributed by atoms with E-state index in [0.29, 0.717) is 34.9 Å². The number of carbonyl (C=O) groups is 1. The van der Waals surface area contributed by atoms with Crippen molar-refractivity contribution in [2.24, 2.45) is 0 Å². The normalized spacial score (nSPS) is 11.0. The Kier molecular flexibility index (Phi) is 7.27. The number of para-hydroxylation sites is 1. The quantitative estimate of drug-likeness (QED) is 0.473. The summed E-state index contributed by atoms with van der Waals surface area (Å²) in [6.45, 7) is 3.92. The highest BCUT2D eigenvalue weighted by atomic mass is 35.5. The van der Waals surface area contributed by atoms with E-state index in [-0.39, 0.29) is 15.6 Å². The van der Waals surface area contributed by atoms with E-state index in [1.54, 1.807) is 61.5 Å². The number of halogens is 1. The van der Waals surface area contributed by atoms with Gasteiger partial charge in [-0.2, -0.15) is 0 Å². The van der Waals surface area contributed by atoms with Crippen LogP contribution in [0.1, 0.15) is 22.8 Å². The second-order valence-electron chi connectivity index (χ2n) is 6.82. The summed E-state index contributed by atoms with van der Waals surface area (Å²) in [5.74, 6) is 0.538. The molecule has 1 amide bonds. The van der Waals surface area contributed by atoms with Crippen LogP contribution in [0.25, 0.3) is 0 Å². The number of rotatable bonds is 8. The molecule has 0 spiro atoms. The van der Waals surface area contributed by atoms with Gasteiger partial charge in [-0.25, -0.2) is 8.42 Å². The number of ether oxygens (including phenoxy) is 2. The van der Waals surface area contributed by atoms with Crippen molar-refractivity contribution >= 4 is 38.9 Å². The standard InChI is InChI=1S/C23H23ClN2O5S/c1-4-31-21-13-16(10-12-20(21)30-3)23(27)25-17-11-9-15(2)22(14-17)32(28,29)26-19-8-6-5-7-18(19)24/h5-14,26H,4H2,1-3H3,(H,25,27). The van der Waals surface area contributed by atoms with Crippen LogP contribution in [0.5, 0.6) is 11.5 Å². The lowest BCUT2D eigenvalue weighted by atomic mass is 10.1. The molecule has 9 heteroatoms. The van der Waals surface area contributed by atoms with Crippen LogP contribution in [0.15, 0.2) is 65.6 Å². The molecule has 0 aliphatic rings. The van der Waals surface area contributed by atoms with Crippen LogP contribution in [-0.4, -0.2) is 28.0 Å². The van der Waals surface area contributed by atoms with E-state index >= 15 is 0 Å². The highest BCUT2D eigenvalue weighted by Crippen LogP contribution is 2.29. The second kappa shape index (κ2) is 9.93. The number of anilines is 2. The van der Waals surface area contributed by atoms with Crippen molar-refractivity contribution in [1.29, 1.82) is 0 Å². The molecule has 0 bridgehead atoms. The van der Waals surface area contributed by atoms with Gasteiger partial charge in [-0.3, -0.25) is 9.52 Å². The molecule has 3 aromatic rings. The summed E-state index contributed by atoms with van der Waals surface area (Å²) in [5, 5.41) is 3.01. The highest BCUT2D eigenvalue weighted by molar-refractivity contribution is 7.92. The van der Waals surface area contributed by atoms with Crippen molar-refractivity contribution < 1.29 is 22.7 Å². The molecule has 168 valence electrons. The largest absolute Gasteiger partial charge is 0.493 e. The maximum Gasteiger partial charge on any atom is 0.262 e. The monoisotopic (exact) mass is 474 g/mol. The van der Waals surface area contributed by atoms with Gasteiger partial charge in [0.15, 0.2) is 11.5 Å². The number of nitrogens with one attached hydrogen (secondary N) is 2. The highest BCUT2D eigenvalue weighted by Gasteiger charge is 2.20. The van der Waals surface area contributed by atoms with Crippen molar-refractivity contribution in [2.75, 3.05) is 23.8 Å². The average Bonchev–Trinajstić information content (AvgIpc) is 2.76. The Balaban J connectivity index is 1.86. The van der Waals surface area contributed by atoms with Gasteiger partial charge in [0.05, 0.1) is 29.3 Å². The van der Waals surface area contributed by atoms with Crippen LogP contribution in [0, 0.1) is 6.92 Å². The lowest BCUT2D eigenvalue weighted by molar-refractivity contribution is 0.102. The van der Waals surface area contributed by atoms with Gasteiger partial charge in [-0.15, -0.1) is 0 Å². The van der Waals surface area contributed by atoms with Crippen LogP contribution in [0.4, 0.5) is 11.4 Å². The fourth-order valence-electron chi connectivity index (χ4n) is 3.00. The molecule has 0 aromatic heterocycles. The fourth-order valence-corrected chi connectivity index (χ4v) is 4.59. The maximum absolute atomic E-state index is 13.0. The van der Waals surface area contributed by atoms with Gasteiger partial charge in [-0.05, 0) is 61.9 Å². The van der Waals surface area contributed by atoms with E-state index < -0.39 is 15.9 Å². The van der Waals surface area contributed by atoms with Gasteiger partial charge in [0, 0.05) is 11.3 Å². The first-order valence-electron chi connectivity index (χ1n) is 9.75. The predicted molar refractivity (Wildman–Crippen MR) is 126 cm³/mol. The third-order valence-corrected chi connectivity index (χ3v) is 6.42. The van der Waals surface area contributed by atoms with E-state index in [4.69, 9.17) is 21.1 Å². The summed E-state index contributed by atoms with van der Waals surface area (Å²) in [7, 11) is -2.42. The van der Waals surface area contributed by atoms with Crippen molar-refractivity contribution in [3.8, 4) is 11.5 Å². The first kappa shape index (κ1) is 23.4. The molecule has 32 heavy (non-hydrogen) atoms. The van der Waals surface area contributed by atoms with Crippen LogP contribution in [0.3, 0.4) is 0 Å². The topological polar surface area (TPSA) is 93.7 Å². The molecule has 0 unspecified atom stereocenters. The van der Waals surface area contributed by atoms with Crippen molar-refractivity contribution in [3.63, 3.8) is 0 Å². The SMILES string of the molecule is CCOc1cc(C(=O)Nc2ccc(C)c(S(=O)(=O)Nc3ccccc3Cl)c2)ccc1OC. The molecule has 3 aromatic carbocycles. The number of amides is 1. The van der Waals surface area contributed by atoms with Crippen molar-refractivity contribution in [3.05, 3.63) is 76.8 Å². The number of benzene rings is 3. The number of methoxy groups -OCH3 is 1. The summed E-state index contributed by atoms with van der Waals surface area (Å²) in [6.07, 6.45) is 0. The first-order chi connectivity index (χ1) is 15.2. The number of hydrogen-bond acceptors (Lipinski definition) is 5. The van der Waals surface area contributed by atoms with Gasteiger partial charge in [0.25, 0.3) is 15.9 Å². The number of aryl methyl sites for hydroxylation is 1. The minimum absolute atomic E-state index is 0.0277. The third-order valence-electron chi connectivity index (χ3n) is 4.58. The minimum atomic E-state index is -3.93. The van der Waals surface area contributed by atoms with Crippen LogP contribution in [0.2, 0.25) is 5.02 Å². The summed E-state index contributed by atoms with van der Waals surface area (Å²) in [5.41, 5.74) is 1.46. The molecule has 0 aliphatic carbocycles.